The summed E-state index contributed by atoms with van der Waals surface area (Å²) < 4.78 is 13.0. The molecular weight excluding hydrogens is 195 g/mol. The summed E-state index contributed by atoms with van der Waals surface area (Å²) in [4.78, 5) is 11.4. The fourth-order valence-electron chi connectivity index (χ4n) is 1.46. The van der Waals surface area contributed by atoms with Gasteiger partial charge < -0.3 is 0 Å². The van der Waals surface area contributed by atoms with Crippen molar-refractivity contribution < 1.29 is 4.39 Å². The Bertz CT molecular complexity index is 601. The predicted octanol–water partition coefficient (Wildman–Crippen LogP) is 2.10. The molecule has 0 aliphatic carbocycles. The molecule has 4 heteroatoms. The van der Waals surface area contributed by atoms with Crippen LogP contribution in [0.1, 0.15) is 12.6 Å². The lowest BCUT2D eigenvalue weighted by atomic mass is 10.1. The number of hydrogen-bond donors (Lipinski definition) is 1. The van der Waals surface area contributed by atoms with E-state index < -0.39 is 11.4 Å². The SMILES string of the molecule is C=C(C)c1n[nH]c(=O)c2cc(F)ccc12. The molecule has 2 rings (SSSR count). The Morgan fingerprint density at radius 1 is 1.47 bits per heavy atom. The molecule has 0 radical (unpaired) electrons. The molecule has 0 bridgehead atoms. The van der Waals surface area contributed by atoms with E-state index in [0.717, 1.165) is 5.57 Å². The number of aromatic amines is 1. The van der Waals surface area contributed by atoms with Crippen LogP contribution in [0.25, 0.3) is 16.3 Å². The number of hydrogen-bond acceptors (Lipinski definition) is 2. The molecule has 2 aromatic rings. The van der Waals surface area contributed by atoms with Crippen molar-refractivity contribution in [1.82, 2.24) is 10.2 Å². The van der Waals surface area contributed by atoms with Crippen LogP contribution in [0, 0.1) is 5.82 Å². The highest BCUT2D eigenvalue weighted by atomic mass is 19.1. The number of nitrogens with one attached hydrogen (secondary N) is 1. The fraction of sp³-hybridized carbons (Fsp3) is 0.0909. The van der Waals surface area contributed by atoms with Crippen LogP contribution in [0.15, 0.2) is 29.6 Å². The van der Waals surface area contributed by atoms with Crippen molar-refractivity contribution in [3.05, 3.63) is 46.6 Å². The first-order valence-corrected chi connectivity index (χ1v) is 4.43. The van der Waals surface area contributed by atoms with Gasteiger partial charge in [-0.15, -0.1) is 0 Å². The van der Waals surface area contributed by atoms with Crippen LogP contribution < -0.4 is 5.56 Å². The predicted molar refractivity (Wildman–Crippen MR) is 57.0 cm³/mol. The first kappa shape index (κ1) is 9.58. The van der Waals surface area contributed by atoms with Crippen molar-refractivity contribution in [2.45, 2.75) is 6.92 Å². The lowest BCUT2D eigenvalue weighted by molar-refractivity contribution is 0.629. The van der Waals surface area contributed by atoms with Gasteiger partial charge in [0.15, 0.2) is 0 Å². The zero-order valence-corrected chi connectivity index (χ0v) is 8.17. The molecule has 0 amide bonds. The summed E-state index contributed by atoms with van der Waals surface area (Å²) in [7, 11) is 0. The van der Waals surface area contributed by atoms with Gasteiger partial charge in [0.1, 0.15) is 5.82 Å². The van der Waals surface area contributed by atoms with Crippen LogP contribution in [0.3, 0.4) is 0 Å². The summed E-state index contributed by atoms with van der Waals surface area (Å²) >= 11 is 0. The highest BCUT2D eigenvalue weighted by Gasteiger charge is 2.07. The van der Waals surface area contributed by atoms with Gasteiger partial charge in [0.05, 0.1) is 11.1 Å². The molecule has 1 heterocycles. The molecule has 0 unspecified atom stereocenters. The highest BCUT2D eigenvalue weighted by molar-refractivity contribution is 5.90. The number of rotatable bonds is 1. The van der Waals surface area contributed by atoms with Gasteiger partial charge in [0.25, 0.3) is 5.56 Å². The lowest BCUT2D eigenvalue weighted by Gasteiger charge is -2.03. The molecule has 0 atom stereocenters. The van der Waals surface area contributed by atoms with E-state index in [1.165, 1.54) is 18.2 Å². The second-order valence-corrected chi connectivity index (χ2v) is 3.37. The zero-order chi connectivity index (χ0) is 11.0. The third kappa shape index (κ3) is 1.54. The Labute approximate surface area is 85.3 Å². The van der Waals surface area contributed by atoms with Crippen molar-refractivity contribution in [1.29, 1.82) is 0 Å². The largest absolute Gasteiger partial charge is 0.272 e. The summed E-state index contributed by atoms with van der Waals surface area (Å²) in [5.41, 5.74) is 0.918. The summed E-state index contributed by atoms with van der Waals surface area (Å²) in [6.45, 7) is 5.53. The average Bonchev–Trinajstić information content (AvgIpc) is 2.19. The quantitative estimate of drug-likeness (QED) is 0.773. The number of fused-ring (bicyclic) bond motifs is 1. The molecule has 3 nitrogen and oxygen atoms in total. The molecule has 0 spiro atoms. The van der Waals surface area contributed by atoms with Crippen LogP contribution in [0.5, 0.6) is 0 Å². The summed E-state index contributed by atoms with van der Waals surface area (Å²) in [6, 6.07) is 4.04. The molecule has 1 N–H and O–H groups in total. The number of aromatic nitrogens is 2. The molecule has 15 heavy (non-hydrogen) atoms. The van der Waals surface area contributed by atoms with Gasteiger partial charge in [0, 0.05) is 5.39 Å². The van der Waals surface area contributed by atoms with E-state index in [2.05, 4.69) is 16.8 Å². The van der Waals surface area contributed by atoms with Crippen LogP contribution in [-0.4, -0.2) is 10.2 Å². The van der Waals surface area contributed by atoms with E-state index in [-0.39, 0.29) is 0 Å². The Kier molecular flexibility index (Phi) is 2.11. The maximum atomic E-state index is 13.0. The van der Waals surface area contributed by atoms with Crippen molar-refractivity contribution in [3.8, 4) is 0 Å². The van der Waals surface area contributed by atoms with Gasteiger partial charge in [-0.1, -0.05) is 6.58 Å². The molecule has 0 saturated carbocycles. The van der Waals surface area contributed by atoms with Crippen LogP contribution in [-0.2, 0) is 0 Å². The Balaban J connectivity index is 2.95. The van der Waals surface area contributed by atoms with E-state index >= 15 is 0 Å². The number of halogens is 1. The molecule has 1 aromatic carbocycles. The Morgan fingerprint density at radius 3 is 2.87 bits per heavy atom. The number of nitrogens with zero attached hydrogens (tertiary/aromatic N) is 1. The van der Waals surface area contributed by atoms with E-state index in [1.54, 1.807) is 6.92 Å². The Hall–Kier alpha value is -1.97. The molecule has 0 aliphatic heterocycles. The summed E-state index contributed by atoms with van der Waals surface area (Å²) in [5.74, 6) is -0.438. The van der Waals surface area contributed by atoms with Gasteiger partial charge >= 0.3 is 0 Å². The smallest absolute Gasteiger partial charge is 0.267 e. The zero-order valence-electron chi connectivity index (χ0n) is 8.17. The van der Waals surface area contributed by atoms with Gasteiger partial charge in [0.2, 0.25) is 0 Å². The van der Waals surface area contributed by atoms with Crippen molar-refractivity contribution in [3.63, 3.8) is 0 Å². The lowest BCUT2D eigenvalue weighted by Crippen LogP contribution is -2.10. The van der Waals surface area contributed by atoms with E-state index in [0.29, 0.717) is 16.5 Å². The number of allylic oxidation sites excluding steroid dienone is 1. The maximum Gasteiger partial charge on any atom is 0.272 e. The van der Waals surface area contributed by atoms with Crippen LogP contribution >= 0.6 is 0 Å². The molecule has 0 saturated heterocycles. The van der Waals surface area contributed by atoms with Gasteiger partial charge in [-0.25, -0.2) is 9.49 Å². The van der Waals surface area contributed by atoms with E-state index in [4.69, 9.17) is 0 Å². The summed E-state index contributed by atoms with van der Waals surface area (Å²) in [6.07, 6.45) is 0. The number of benzene rings is 1. The fourth-order valence-corrected chi connectivity index (χ4v) is 1.46. The van der Waals surface area contributed by atoms with Crippen molar-refractivity contribution in [2.75, 3.05) is 0 Å². The van der Waals surface area contributed by atoms with E-state index in [1.807, 2.05) is 0 Å². The first-order valence-electron chi connectivity index (χ1n) is 4.43. The van der Waals surface area contributed by atoms with Crippen molar-refractivity contribution in [2.24, 2.45) is 0 Å². The molecule has 1 aromatic heterocycles. The molecule has 0 fully saturated rings. The van der Waals surface area contributed by atoms with Gasteiger partial charge in [-0.3, -0.25) is 4.79 Å². The third-order valence-corrected chi connectivity index (χ3v) is 2.15. The van der Waals surface area contributed by atoms with Gasteiger partial charge in [-0.2, -0.15) is 5.10 Å². The highest BCUT2D eigenvalue weighted by Crippen LogP contribution is 2.19. The normalized spacial score (nSPS) is 10.5. The monoisotopic (exact) mass is 204 g/mol. The molecule has 0 aliphatic rings. The minimum absolute atomic E-state index is 0.294. The number of H-pyrrole nitrogens is 1. The van der Waals surface area contributed by atoms with Crippen molar-refractivity contribution >= 4 is 16.3 Å². The summed E-state index contributed by atoms with van der Waals surface area (Å²) in [5, 5.41) is 7.11. The topological polar surface area (TPSA) is 45.8 Å². The van der Waals surface area contributed by atoms with E-state index in [9.17, 15) is 9.18 Å². The third-order valence-electron chi connectivity index (χ3n) is 2.15. The van der Waals surface area contributed by atoms with Crippen LogP contribution in [0.2, 0.25) is 0 Å². The maximum absolute atomic E-state index is 13.0. The first-order chi connectivity index (χ1) is 7.09. The molecule has 76 valence electrons. The second kappa shape index (κ2) is 3.31. The average molecular weight is 204 g/mol. The molecular formula is C11H9FN2O. The second-order valence-electron chi connectivity index (χ2n) is 3.37. The minimum atomic E-state index is -0.438. The van der Waals surface area contributed by atoms with Gasteiger partial charge in [-0.05, 0) is 30.7 Å². The Morgan fingerprint density at radius 2 is 2.20 bits per heavy atom. The minimum Gasteiger partial charge on any atom is -0.267 e. The van der Waals surface area contributed by atoms with Crippen LogP contribution in [0.4, 0.5) is 4.39 Å². The standard InChI is InChI=1S/C11H9FN2O/c1-6(2)10-8-4-3-7(12)5-9(8)11(15)14-13-10/h3-5H,1H2,2H3,(H,14,15).